The summed E-state index contributed by atoms with van der Waals surface area (Å²) in [7, 11) is 1.61. The molecular weight excluding hydrogens is 426 g/mol. The number of hydrogen-bond acceptors (Lipinski definition) is 3. The summed E-state index contributed by atoms with van der Waals surface area (Å²) in [6, 6.07) is 20.7. The smallest absolute Gasteiger partial charge is 0.304 e. The molecule has 4 rings (SSSR count). The zero-order valence-electron chi connectivity index (χ0n) is 17.7. The Balaban J connectivity index is 1.69. The van der Waals surface area contributed by atoms with Gasteiger partial charge in [0.25, 0.3) is 5.91 Å². The number of hydrazine groups is 1. The van der Waals surface area contributed by atoms with Crippen LogP contribution in [0, 0.1) is 6.92 Å². The van der Waals surface area contributed by atoms with Crippen molar-refractivity contribution in [1.29, 1.82) is 0 Å². The molecule has 2 N–H and O–H groups in total. The van der Waals surface area contributed by atoms with E-state index in [1.54, 1.807) is 36.1 Å². The van der Waals surface area contributed by atoms with Crippen molar-refractivity contribution in [3.8, 4) is 5.75 Å². The van der Waals surface area contributed by atoms with Gasteiger partial charge in [0.2, 0.25) is 12.3 Å². The van der Waals surface area contributed by atoms with E-state index in [1.807, 2.05) is 61.7 Å². The van der Waals surface area contributed by atoms with E-state index in [0.717, 1.165) is 22.4 Å². The lowest BCUT2D eigenvalue weighted by Crippen LogP contribution is -2.42. The predicted molar refractivity (Wildman–Crippen MR) is 123 cm³/mol. The summed E-state index contributed by atoms with van der Waals surface area (Å²) < 4.78 is 6.93. The molecule has 162 valence electrons. The second kappa shape index (κ2) is 9.24. The molecule has 0 saturated carbocycles. The number of ether oxygens (including phenoxy) is 1. The van der Waals surface area contributed by atoms with Crippen LogP contribution in [0.4, 0.5) is 0 Å². The van der Waals surface area contributed by atoms with Crippen molar-refractivity contribution < 1.29 is 19.0 Å². The Morgan fingerprint density at radius 3 is 2.47 bits per heavy atom. The molecule has 0 aromatic heterocycles. The number of rotatable bonds is 5. The quantitative estimate of drug-likeness (QED) is 0.585. The summed E-state index contributed by atoms with van der Waals surface area (Å²) in [5.41, 5.74) is 6.06. The van der Waals surface area contributed by atoms with Crippen molar-refractivity contribution in [3.63, 3.8) is 0 Å². The Bertz CT molecular complexity index is 1170. The number of hydrogen-bond donors (Lipinski definition) is 2. The highest BCUT2D eigenvalue weighted by Gasteiger charge is 2.47. The van der Waals surface area contributed by atoms with Gasteiger partial charge >= 0.3 is 5.91 Å². The van der Waals surface area contributed by atoms with E-state index in [1.165, 1.54) is 0 Å². The van der Waals surface area contributed by atoms with Crippen LogP contribution in [0.2, 0.25) is 5.02 Å². The first-order chi connectivity index (χ1) is 15.4. The van der Waals surface area contributed by atoms with Gasteiger partial charge in [-0.25, -0.2) is 0 Å². The van der Waals surface area contributed by atoms with E-state index >= 15 is 0 Å². The van der Waals surface area contributed by atoms with Gasteiger partial charge in [-0.2, -0.15) is 0 Å². The number of aryl methyl sites for hydroxylation is 1. The molecule has 0 spiro atoms. The minimum absolute atomic E-state index is 0.296. The number of methoxy groups -OCH3 is 1. The lowest BCUT2D eigenvalue weighted by atomic mass is 9.99. The molecule has 2 atom stereocenters. The summed E-state index contributed by atoms with van der Waals surface area (Å²) in [5.74, 6) is 0.139. The van der Waals surface area contributed by atoms with Crippen molar-refractivity contribution in [2.24, 2.45) is 0 Å². The molecule has 3 aromatic rings. The molecule has 1 aliphatic heterocycles. The third kappa shape index (κ3) is 4.65. The summed E-state index contributed by atoms with van der Waals surface area (Å²) in [5, 5.41) is 3.50. The van der Waals surface area contributed by atoms with Gasteiger partial charge < -0.3 is 10.1 Å². The maximum atomic E-state index is 12.9. The minimum Gasteiger partial charge on any atom is -0.497 e. The van der Waals surface area contributed by atoms with Crippen LogP contribution >= 0.6 is 11.6 Å². The molecule has 7 heteroatoms. The van der Waals surface area contributed by atoms with Crippen LogP contribution in [0.5, 0.6) is 5.75 Å². The second-order valence-electron chi connectivity index (χ2n) is 7.60. The summed E-state index contributed by atoms with van der Waals surface area (Å²) in [6.45, 7) is 1.92. The van der Waals surface area contributed by atoms with E-state index < -0.39 is 12.1 Å². The third-order valence-corrected chi connectivity index (χ3v) is 5.57. The van der Waals surface area contributed by atoms with Crippen LogP contribution in [-0.2, 0) is 4.79 Å². The summed E-state index contributed by atoms with van der Waals surface area (Å²) in [6.07, 6.45) is 1.83. The Morgan fingerprint density at radius 2 is 1.81 bits per heavy atom. The average Bonchev–Trinajstić information content (AvgIpc) is 3.09. The van der Waals surface area contributed by atoms with Crippen molar-refractivity contribution >= 4 is 29.6 Å². The van der Waals surface area contributed by atoms with Crippen LogP contribution in [0.15, 0.2) is 72.8 Å². The minimum atomic E-state index is -0.793. The first-order valence-corrected chi connectivity index (χ1v) is 10.5. The number of carbonyl (C=O) groups is 2. The van der Waals surface area contributed by atoms with Crippen molar-refractivity contribution in [3.05, 3.63) is 100 Å². The molecule has 1 saturated heterocycles. The van der Waals surface area contributed by atoms with Crippen molar-refractivity contribution in [2.75, 3.05) is 7.11 Å². The Morgan fingerprint density at radius 1 is 1.09 bits per heavy atom. The molecular formula is C25H23ClN3O3+. The van der Waals surface area contributed by atoms with Crippen LogP contribution in [0.3, 0.4) is 0 Å². The number of halogens is 1. The number of hydrazone groups is 1. The van der Waals surface area contributed by atoms with Crippen LogP contribution in [0.1, 0.15) is 33.1 Å². The average molecular weight is 449 g/mol. The van der Waals surface area contributed by atoms with Crippen molar-refractivity contribution in [1.82, 2.24) is 10.7 Å². The van der Waals surface area contributed by atoms with E-state index in [9.17, 15) is 9.59 Å². The number of benzene rings is 3. The number of carbonyl (C=O) groups excluding carboxylic acids is 2. The van der Waals surface area contributed by atoms with Gasteiger partial charge in [0.05, 0.1) is 7.11 Å². The monoisotopic (exact) mass is 448 g/mol. The standard InChI is InChI=1S/C25H22ClN3O3/c1-16-4-3-5-19(14-16)24(30)27-22-23(18-8-10-20(26)11-9-18)29(28-25(22)31)15-17-6-12-21(32-2)13-7-17/h3-15,22-23H,1-2H3,(H-,27,28,30,31)/p+1/b29-15-/t22-,23-/m0/s1. The van der Waals surface area contributed by atoms with E-state index in [-0.39, 0.29) is 11.8 Å². The lowest BCUT2D eigenvalue weighted by molar-refractivity contribution is -0.596. The summed E-state index contributed by atoms with van der Waals surface area (Å²) in [4.78, 5) is 25.8. The second-order valence-corrected chi connectivity index (χ2v) is 8.04. The molecule has 0 aliphatic carbocycles. The Kier molecular flexibility index (Phi) is 6.23. The molecule has 2 amide bonds. The first kappa shape index (κ1) is 21.6. The number of nitrogens with one attached hydrogen (secondary N) is 2. The zero-order chi connectivity index (χ0) is 22.7. The molecule has 1 heterocycles. The van der Waals surface area contributed by atoms with Crippen molar-refractivity contribution in [2.45, 2.75) is 19.0 Å². The molecule has 0 unspecified atom stereocenters. The zero-order valence-corrected chi connectivity index (χ0v) is 18.5. The highest BCUT2D eigenvalue weighted by atomic mass is 35.5. The predicted octanol–water partition coefficient (Wildman–Crippen LogP) is 3.67. The van der Waals surface area contributed by atoms with Crippen LogP contribution < -0.4 is 15.5 Å². The topological polar surface area (TPSA) is 70.4 Å². The van der Waals surface area contributed by atoms with Crippen LogP contribution in [0.25, 0.3) is 0 Å². The van der Waals surface area contributed by atoms with Gasteiger partial charge in [-0.05, 0) is 55.5 Å². The van der Waals surface area contributed by atoms with Gasteiger partial charge in [-0.1, -0.05) is 41.4 Å². The van der Waals surface area contributed by atoms with Gasteiger partial charge in [0.1, 0.15) is 5.75 Å². The lowest BCUT2D eigenvalue weighted by Gasteiger charge is -2.15. The molecule has 1 fully saturated rings. The van der Waals surface area contributed by atoms with Gasteiger partial charge in [-0.3, -0.25) is 9.59 Å². The first-order valence-electron chi connectivity index (χ1n) is 10.2. The molecule has 3 aromatic carbocycles. The van der Waals surface area contributed by atoms with E-state index in [4.69, 9.17) is 16.3 Å². The molecule has 1 aliphatic rings. The third-order valence-electron chi connectivity index (χ3n) is 5.32. The maximum absolute atomic E-state index is 12.9. The molecule has 32 heavy (non-hydrogen) atoms. The van der Waals surface area contributed by atoms with Gasteiger partial charge in [-0.15, -0.1) is 10.1 Å². The fourth-order valence-corrected chi connectivity index (χ4v) is 3.83. The normalized spacial score (nSPS) is 19.0. The molecule has 0 radical (unpaired) electrons. The molecule has 6 nitrogen and oxygen atoms in total. The number of nitrogens with zero attached hydrogens (tertiary/aromatic N) is 1. The van der Waals surface area contributed by atoms with Crippen LogP contribution in [-0.4, -0.2) is 35.9 Å². The highest BCUT2D eigenvalue weighted by molar-refractivity contribution is 6.30. The highest BCUT2D eigenvalue weighted by Crippen LogP contribution is 2.27. The maximum Gasteiger partial charge on any atom is 0.304 e. The number of amides is 2. The van der Waals surface area contributed by atoms with E-state index in [0.29, 0.717) is 10.6 Å². The largest absolute Gasteiger partial charge is 0.497 e. The van der Waals surface area contributed by atoms with E-state index in [2.05, 4.69) is 10.7 Å². The fraction of sp³-hybridized carbons (Fsp3) is 0.160. The Labute approximate surface area is 191 Å². The fourth-order valence-electron chi connectivity index (χ4n) is 3.70. The van der Waals surface area contributed by atoms with Gasteiger partial charge in [0.15, 0.2) is 6.04 Å². The van der Waals surface area contributed by atoms with Gasteiger partial charge in [0, 0.05) is 21.7 Å². The SMILES string of the molecule is COc1ccc(/C=[N+]2\NC(=O)[C@@H](NC(=O)c3cccc(C)c3)[C@@H]2c2ccc(Cl)cc2)cc1. The Hall–Kier alpha value is -3.64. The molecule has 0 bridgehead atoms. The summed E-state index contributed by atoms with van der Waals surface area (Å²) >= 11 is 6.07.